The summed E-state index contributed by atoms with van der Waals surface area (Å²) in [6, 6.07) is 9.94. The first kappa shape index (κ1) is 19.5. The largest absolute Gasteiger partial charge is 0.349 e. The average Bonchev–Trinajstić information content (AvgIpc) is 3.49. The Hall–Kier alpha value is -1.44. The lowest BCUT2D eigenvalue weighted by Crippen LogP contribution is -2.50. The number of anilines is 1. The van der Waals surface area contributed by atoms with Crippen LogP contribution in [-0.4, -0.2) is 17.1 Å². The lowest BCUT2D eigenvalue weighted by Gasteiger charge is -2.45. The van der Waals surface area contributed by atoms with E-state index >= 15 is 0 Å². The molecule has 2 nitrogen and oxygen atoms in total. The SMILES string of the molecule is CC1=C(C2CCCC2)N(C2CCCC2)C(C2CCCCC2)N1c1ccccc1C. The molecular formula is C27H40N2. The fraction of sp³-hybridized carbons (Fsp3) is 0.704. The molecule has 1 aliphatic heterocycles. The molecule has 5 rings (SSSR count). The molecule has 2 heteroatoms. The van der Waals surface area contributed by atoms with Gasteiger partial charge in [0.2, 0.25) is 0 Å². The molecule has 1 atom stereocenters. The van der Waals surface area contributed by atoms with Crippen LogP contribution >= 0.6 is 0 Å². The standard InChI is InChI=1S/C27H40N2/c1-20-12-6-11-19-25(20)28-21(2)26(22-13-7-8-14-22)29(24-17-9-10-18-24)27(28)23-15-4-3-5-16-23/h6,11-12,19,22-24,27H,3-5,7-10,13-18H2,1-2H3. The Morgan fingerprint density at radius 2 is 1.34 bits per heavy atom. The van der Waals surface area contributed by atoms with E-state index in [1.165, 1.54) is 94.7 Å². The van der Waals surface area contributed by atoms with E-state index in [1.54, 1.807) is 11.4 Å². The smallest absolute Gasteiger partial charge is 0.109 e. The molecular weight excluding hydrogens is 352 g/mol. The minimum atomic E-state index is 0.565. The van der Waals surface area contributed by atoms with Crippen LogP contribution in [0.15, 0.2) is 35.7 Å². The van der Waals surface area contributed by atoms with Gasteiger partial charge >= 0.3 is 0 Å². The van der Waals surface area contributed by atoms with Gasteiger partial charge in [-0.3, -0.25) is 0 Å². The number of para-hydroxylation sites is 1. The molecule has 158 valence electrons. The Morgan fingerprint density at radius 3 is 2.03 bits per heavy atom. The first-order valence-corrected chi connectivity index (χ1v) is 12.6. The molecule has 1 aromatic rings. The minimum absolute atomic E-state index is 0.565. The number of allylic oxidation sites excluding steroid dienone is 2. The molecule has 0 saturated heterocycles. The van der Waals surface area contributed by atoms with Crippen molar-refractivity contribution < 1.29 is 0 Å². The van der Waals surface area contributed by atoms with Crippen molar-refractivity contribution in [1.82, 2.24) is 4.90 Å². The monoisotopic (exact) mass is 392 g/mol. The molecule has 3 saturated carbocycles. The minimum Gasteiger partial charge on any atom is -0.349 e. The summed E-state index contributed by atoms with van der Waals surface area (Å²) in [5, 5.41) is 0. The van der Waals surface area contributed by atoms with Gasteiger partial charge in [0.25, 0.3) is 0 Å². The average molecular weight is 393 g/mol. The molecule has 0 spiro atoms. The maximum absolute atomic E-state index is 3.03. The lowest BCUT2D eigenvalue weighted by molar-refractivity contribution is 0.117. The molecule has 0 amide bonds. The molecule has 29 heavy (non-hydrogen) atoms. The highest BCUT2D eigenvalue weighted by Crippen LogP contribution is 2.49. The predicted octanol–water partition coefficient (Wildman–Crippen LogP) is 7.39. The summed E-state index contributed by atoms with van der Waals surface area (Å²) in [6.07, 6.45) is 19.1. The van der Waals surface area contributed by atoms with Crippen LogP contribution < -0.4 is 4.90 Å². The van der Waals surface area contributed by atoms with Gasteiger partial charge in [0.1, 0.15) is 6.17 Å². The predicted molar refractivity (Wildman–Crippen MR) is 123 cm³/mol. The van der Waals surface area contributed by atoms with Crippen molar-refractivity contribution in [3.8, 4) is 0 Å². The third-order valence-electron chi connectivity index (χ3n) is 8.47. The lowest BCUT2D eigenvalue weighted by atomic mass is 9.85. The Balaban J connectivity index is 1.61. The van der Waals surface area contributed by atoms with Gasteiger partial charge in [0, 0.05) is 29.0 Å². The van der Waals surface area contributed by atoms with Crippen molar-refractivity contribution in [3.05, 3.63) is 41.2 Å². The van der Waals surface area contributed by atoms with E-state index < -0.39 is 0 Å². The second kappa shape index (κ2) is 8.36. The van der Waals surface area contributed by atoms with Crippen molar-refractivity contribution in [2.45, 2.75) is 110 Å². The number of hydrogen-bond acceptors (Lipinski definition) is 2. The van der Waals surface area contributed by atoms with Crippen LogP contribution in [0, 0.1) is 18.8 Å². The van der Waals surface area contributed by atoms with Crippen molar-refractivity contribution in [2.24, 2.45) is 11.8 Å². The number of rotatable bonds is 4. The van der Waals surface area contributed by atoms with Gasteiger partial charge in [0.05, 0.1) is 0 Å². The van der Waals surface area contributed by atoms with E-state index in [-0.39, 0.29) is 0 Å². The van der Waals surface area contributed by atoms with Crippen molar-refractivity contribution in [3.63, 3.8) is 0 Å². The van der Waals surface area contributed by atoms with Crippen LogP contribution in [0.1, 0.15) is 96.0 Å². The molecule has 0 radical (unpaired) electrons. The van der Waals surface area contributed by atoms with Gasteiger partial charge in [-0.25, -0.2) is 0 Å². The maximum Gasteiger partial charge on any atom is 0.109 e. The molecule has 3 fully saturated rings. The van der Waals surface area contributed by atoms with Crippen LogP contribution in [0.3, 0.4) is 0 Å². The maximum atomic E-state index is 3.03. The molecule has 1 aromatic carbocycles. The van der Waals surface area contributed by atoms with E-state index in [2.05, 4.69) is 47.9 Å². The first-order chi connectivity index (χ1) is 14.3. The van der Waals surface area contributed by atoms with E-state index in [0.717, 1.165) is 17.9 Å². The first-order valence-electron chi connectivity index (χ1n) is 12.6. The van der Waals surface area contributed by atoms with E-state index in [9.17, 15) is 0 Å². The third kappa shape index (κ3) is 3.51. The molecule has 0 N–H and O–H groups in total. The fourth-order valence-electron chi connectivity index (χ4n) is 7.10. The van der Waals surface area contributed by atoms with Crippen molar-refractivity contribution >= 4 is 5.69 Å². The van der Waals surface area contributed by atoms with E-state index in [4.69, 9.17) is 0 Å². The summed E-state index contributed by atoms with van der Waals surface area (Å²) >= 11 is 0. The second-order valence-corrected chi connectivity index (χ2v) is 10.3. The normalized spacial score (nSPS) is 27.6. The highest BCUT2D eigenvalue weighted by Gasteiger charge is 2.47. The summed E-state index contributed by atoms with van der Waals surface area (Å²) in [5.41, 5.74) is 6.25. The van der Waals surface area contributed by atoms with Gasteiger partial charge in [-0.1, -0.05) is 63.1 Å². The molecule has 0 bridgehead atoms. The molecule has 1 unspecified atom stereocenters. The van der Waals surface area contributed by atoms with Crippen LogP contribution in [-0.2, 0) is 0 Å². The quantitative estimate of drug-likeness (QED) is 0.527. The number of aryl methyl sites for hydroxylation is 1. The zero-order valence-electron chi connectivity index (χ0n) is 18.7. The van der Waals surface area contributed by atoms with Gasteiger partial charge in [-0.05, 0) is 69.9 Å². The zero-order valence-corrected chi connectivity index (χ0v) is 18.7. The highest BCUT2D eigenvalue weighted by molar-refractivity contribution is 5.61. The Labute approximate surface area is 178 Å². The number of nitrogens with zero attached hydrogens (tertiary/aromatic N) is 2. The molecule has 3 aliphatic carbocycles. The van der Waals surface area contributed by atoms with Crippen LogP contribution in [0.25, 0.3) is 0 Å². The molecule has 0 aromatic heterocycles. The topological polar surface area (TPSA) is 6.48 Å². The summed E-state index contributed by atoms with van der Waals surface area (Å²) < 4.78 is 0. The number of hydrogen-bond donors (Lipinski definition) is 0. The van der Waals surface area contributed by atoms with Gasteiger partial charge < -0.3 is 9.80 Å². The van der Waals surface area contributed by atoms with E-state index in [1.807, 2.05) is 0 Å². The second-order valence-electron chi connectivity index (χ2n) is 10.3. The van der Waals surface area contributed by atoms with Crippen LogP contribution in [0.2, 0.25) is 0 Å². The summed E-state index contributed by atoms with van der Waals surface area (Å²) in [4.78, 5) is 5.85. The molecule has 1 heterocycles. The molecule has 4 aliphatic rings. The zero-order chi connectivity index (χ0) is 19.8. The van der Waals surface area contributed by atoms with Crippen molar-refractivity contribution in [1.29, 1.82) is 0 Å². The summed E-state index contributed by atoms with van der Waals surface area (Å²) in [5.74, 6) is 1.62. The highest BCUT2D eigenvalue weighted by atomic mass is 15.4. The summed E-state index contributed by atoms with van der Waals surface area (Å²) in [7, 11) is 0. The van der Waals surface area contributed by atoms with Crippen LogP contribution in [0.4, 0.5) is 5.69 Å². The van der Waals surface area contributed by atoms with Gasteiger partial charge in [-0.15, -0.1) is 0 Å². The van der Waals surface area contributed by atoms with E-state index in [0.29, 0.717) is 6.17 Å². The Bertz CT molecular complexity index is 733. The van der Waals surface area contributed by atoms with Crippen LogP contribution in [0.5, 0.6) is 0 Å². The third-order valence-corrected chi connectivity index (χ3v) is 8.47. The van der Waals surface area contributed by atoms with Crippen molar-refractivity contribution in [2.75, 3.05) is 4.90 Å². The number of benzene rings is 1. The van der Waals surface area contributed by atoms with Gasteiger partial charge in [0.15, 0.2) is 0 Å². The Kier molecular flexibility index (Phi) is 5.63. The van der Waals surface area contributed by atoms with Gasteiger partial charge in [-0.2, -0.15) is 0 Å². The Morgan fingerprint density at radius 1 is 0.724 bits per heavy atom. The summed E-state index contributed by atoms with van der Waals surface area (Å²) in [6.45, 7) is 4.78. The fourth-order valence-corrected chi connectivity index (χ4v) is 7.10.